The fourth-order valence-electron chi connectivity index (χ4n) is 3.02. The number of carbonyl (C=O) groups excluding carboxylic acids is 2. The summed E-state index contributed by atoms with van der Waals surface area (Å²) in [7, 11) is 0. The normalized spacial score (nSPS) is 12.3. The molecule has 0 unspecified atom stereocenters. The molecule has 7 nitrogen and oxygen atoms in total. The number of amides is 2. The van der Waals surface area contributed by atoms with Gasteiger partial charge in [0.2, 0.25) is 5.91 Å². The van der Waals surface area contributed by atoms with Gasteiger partial charge in [0, 0.05) is 35.4 Å². The highest BCUT2D eigenvalue weighted by atomic mass is 32.1. The zero-order valence-corrected chi connectivity index (χ0v) is 18.3. The zero-order chi connectivity index (χ0) is 21.7. The summed E-state index contributed by atoms with van der Waals surface area (Å²) in [5.41, 5.74) is 2.41. The number of aromatic nitrogens is 3. The number of benzene rings is 1. The van der Waals surface area contributed by atoms with Gasteiger partial charge in [-0.25, -0.2) is 0 Å². The molecule has 3 rings (SSSR count). The van der Waals surface area contributed by atoms with Gasteiger partial charge in [0.1, 0.15) is 6.04 Å². The Morgan fingerprint density at radius 2 is 1.90 bits per heavy atom. The Morgan fingerprint density at radius 3 is 2.47 bits per heavy atom. The summed E-state index contributed by atoms with van der Waals surface area (Å²) in [6.45, 7) is 7.96. The van der Waals surface area contributed by atoms with Crippen molar-refractivity contribution in [3.05, 3.63) is 76.6 Å². The van der Waals surface area contributed by atoms with Crippen molar-refractivity contribution in [1.82, 2.24) is 24.8 Å². The first-order chi connectivity index (χ1) is 14.2. The summed E-state index contributed by atoms with van der Waals surface area (Å²) < 4.78 is 3.81. The van der Waals surface area contributed by atoms with Crippen LogP contribution in [0.2, 0.25) is 0 Å². The Hall–Kier alpha value is -3.13. The molecule has 2 aromatic heterocycles. The molecule has 0 aliphatic carbocycles. The molecule has 0 spiro atoms. The maximum Gasteiger partial charge on any atom is 0.276 e. The Balaban J connectivity index is 2.06. The minimum Gasteiger partial charge on any atom is -0.349 e. The van der Waals surface area contributed by atoms with Crippen LogP contribution in [0.25, 0.3) is 0 Å². The molecule has 156 valence electrons. The molecule has 1 aromatic carbocycles. The molecule has 2 amide bonds. The lowest BCUT2D eigenvalue weighted by atomic mass is 10.0. The van der Waals surface area contributed by atoms with Crippen molar-refractivity contribution in [2.24, 2.45) is 0 Å². The molecule has 3 aromatic rings. The van der Waals surface area contributed by atoms with E-state index in [9.17, 15) is 9.59 Å². The van der Waals surface area contributed by atoms with Crippen molar-refractivity contribution in [3.8, 4) is 0 Å². The van der Waals surface area contributed by atoms with E-state index in [-0.39, 0.29) is 24.1 Å². The fraction of sp³-hybridized carbons (Fsp3) is 0.318. The first-order valence-electron chi connectivity index (χ1n) is 9.60. The van der Waals surface area contributed by atoms with E-state index in [0.717, 1.165) is 22.7 Å². The molecule has 2 heterocycles. The van der Waals surface area contributed by atoms with Crippen molar-refractivity contribution >= 4 is 23.3 Å². The number of nitrogens with one attached hydrogen (secondary N) is 1. The molecule has 1 atom stereocenters. The number of aryl methyl sites for hydroxylation is 1. The number of hydrogen-bond acceptors (Lipinski definition) is 6. The van der Waals surface area contributed by atoms with E-state index in [1.165, 1.54) is 4.90 Å². The molecule has 0 fully saturated rings. The maximum absolute atomic E-state index is 13.4. The molecular weight excluding hydrogens is 398 g/mol. The average Bonchev–Trinajstić information content (AvgIpc) is 3.23. The van der Waals surface area contributed by atoms with Gasteiger partial charge in [0.25, 0.3) is 5.91 Å². The van der Waals surface area contributed by atoms with Gasteiger partial charge in [-0.1, -0.05) is 40.4 Å². The summed E-state index contributed by atoms with van der Waals surface area (Å²) in [5, 5.41) is 8.52. The van der Waals surface area contributed by atoms with Crippen molar-refractivity contribution in [2.45, 2.75) is 45.8 Å². The van der Waals surface area contributed by atoms with Crippen LogP contribution in [0, 0.1) is 6.92 Å². The maximum atomic E-state index is 13.4. The van der Waals surface area contributed by atoms with Crippen LogP contribution in [0.3, 0.4) is 0 Å². The van der Waals surface area contributed by atoms with Gasteiger partial charge in [0.15, 0.2) is 5.69 Å². The first-order valence-corrected chi connectivity index (χ1v) is 10.4. The topological polar surface area (TPSA) is 88.1 Å². The Bertz CT molecular complexity index is 983. The minimum absolute atomic E-state index is 0.213. The molecule has 8 heteroatoms. The monoisotopic (exact) mass is 423 g/mol. The number of carbonyl (C=O) groups is 2. The van der Waals surface area contributed by atoms with Gasteiger partial charge in [-0.15, -0.1) is 5.10 Å². The Morgan fingerprint density at radius 1 is 1.17 bits per heavy atom. The third-order valence-electron chi connectivity index (χ3n) is 4.37. The molecule has 30 heavy (non-hydrogen) atoms. The van der Waals surface area contributed by atoms with Crippen molar-refractivity contribution < 1.29 is 9.59 Å². The second-order valence-corrected chi connectivity index (χ2v) is 8.75. The van der Waals surface area contributed by atoms with Crippen LogP contribution in [0.1, 0.15) is 54.0 Å². The van der Waals surface area contributed by atoms with Gasteiger partial charge < -0.3 is 10.2 Å². The third-order valence-corrected chi connectivity index (χ3v) is 4.88. The Kier molecular flexibility index (Phi) is 6.56. The molecule has 0 saturated carbocycles. The van der Waals surface area contributed by atoms with Crippen molar-refractivity contribution in [2.75, 3.05) is 0 Å². The van der Waals surface area contributed by atoms with Crippen LogP contribution in [0.5, 0.6) is 0 Å². The van der Waals surface area contributed by atoms with Crippen LogP contribution in [-0.4, -0.2) is 36.8 Å². The molecule has 0 saturated heterocycles. The smallest absolute Gasteiger partial charge is 0.276 e. The lowest BCUT2D eigenvalue weighted by Crippen LogP contribution is -2.49. The standard InChI is InChI=1S/C22H25N5O2S/c1-15-7-9-16(10-8-15)13-27(21(29)18-14-30-26-25-18)19(17-6-5-11-23-12-17)20(28)24-22(2,3)4/h5-12,14,19H,13H2,1-4H3,(H,24,28)/t19-/m0/s1. The highest BCUT2D eigenvalue weighted by Gasteiger charge is 2.34. The van der Waals surface area contributed by atoms with E-state index in [1.54, 1.807) is 29.9 Å². The second-order valence-electron chi connectivity index (χ2n) is 8.14. The predicted octanol–water partition coefficient (Wildman–Crippen LogP) is 3.54. The quantitative estimate of drug-likeness (QED) is 0.655. The number of hydrogen-bond donors (Lipinski definition) is 1. The summed E-state index contributed by atoms with van der Waals surface area (Å²) in [6.07, 6.45) is 3.25. The van der Waals surface area contributed by atoms with Crippen molar-refractivity contribution in [1.29, 1.82) is 0 Å². The summed E-state index contributed by atoms with van der Waals surface area (Å²) in [5.74, 6) is -0.638. The zero-order valence-electron chi connectivity index (χ0n) is 17.5. The number of rotatable bonds is 6. The summed E-state index contributed by atoms with van der Waals surface area (Å²) in [6, 6.07) is 10.6. The lowest BCUT2D eigenvalue weighted by Gasteiger charge is -2.33. The van der Waals surface area contributed by atoms with Gasteiger partial charge in [0.05, 0.1) is 0 Å². The van der Waals surface area contributed by atoms with Crippen LogP contribution < -0.4 is 5.32 Å². The largest absolute Gasteiger partial charge is 0.349 e. The third kappa shape index (κ3) is 5.48. The van der Waals surface area contributed by atoms with Gasteiger partial charge in [-0.2, -0.15) is 0 Å². The molecule has 0 aliphatic rings. The minimum atomic E-state index is -0.867. The second kappa shape index (κ2) is 9.13. The number of nitrogens with zero attached hydrogens (tertiary/aromatic N) is 4. The van der Waals surface area contributed by atoms with Crippen LogP contribution in [0.4, 0.5) is 0 Å². The molecule has 0 aliphatic heterocycles. The number of pyridine rings is 1. The predicted molar refractivity (Wildman–Crippen MR) is 116 cm³/mol. The molecule has 0 radical (unpaired) electrons. The van der Waals surface area contributed by atoms with Gasteiger partial charge in [-0.3, -0.25) is 14.6 Å². The van der Waals surface area contributed by atoms with Crippen LogP contribution >= 0.6 is 11.5 Å². The summed E-state index contributed by atoms with van der Waals surface area (Å²) in [4.78, 5) is 32.4. The SMILES string of the molecule is Cc1ccc(CN(C(=O)c2csnn2)[C@H](C(=O)NC(C)(C)C)c2cccnc2)cc1. The fourth-order valence-corrected chi connectivity index (χ4v) is 3.45. The average molecular weight is 424 g/mol. The van der Waals surface area contributed by atoms with E-state index < -0.39 is 11.6 Å². The molecule has 0 bridgehead atoms. The van der Waals surface area contributed by atoms with E-state index in [2.05, 4.69) is 19.9 Å². The van der Waals surface area contributed by atoms with Crippen molar-refractivity contribution in [3.63, 3.8) is 0 Å². The van der Waals surface area contributed by atoms with E-state index in [1.807, 2.05) is 52.0 Å². The first kappa shape index (κ1) is 21.6. The van der Waals surface area contributed by atoms with E-state index in [4.69, 9.17) is 0 Å². The van der Waals surface area contributed by atoms with E-state index in [0.29, 0.717) is 5.56 Å². The van der Waals surface area contributed by atoms with Crippen LogP contribution in [0.15, 0.2) is 54.2 Å². The van der Waals surface area contributed by atoms with Gasteiger partial charge in [-0.05, 0) is 50.9 Å². The van der Waals surface area contributed by atoms with Gasteiger partial charge >= 0.3 is 0 Å². The Labute approximate surface area is 180 Å². The molecule has 1 N–H and O–H groups in total. The highest BCUT2D eigenvalue weighted by Crippen LogP contribution is 2.26. The molecular formula is C22H25N5O2S. The highest BCUT2D eigenvalue weighted by molar-refractivity contribution is 7.03. The summed E-state index contributed by atoms with van der Waals surface area (Å²) >= 11 is 1.10. The van der Waals surface area contributed by atoms with E-state index >= 15 is 0 Å². The van der Waals surface area contributed by atoms with Crippen LogP contribution in [-0.2, 0) is 11.3 Å². The lowest BCUT2D eigenvalue weighted by molar-refractivity contribution is -0.127.